The van der Waals surface area contributed by atoms with Crippen LogP contribution in [0.2, 0.25) is 10.0 Å². The van der Waals surface area contributed by atoms with Crippen molar-refractivity contribution >= 4 is 57.9 Å². The quantitative estimate of drug-likeness (QED) is 0.339. The summed E-state index contributed by atoms with van der Waals surface area (Å²) in [4.78, 5) is 16.3. The van der Waals surface area contributed by atoms with Gasteiger partial charge in [-0.2, -0.15) is 4.99 Å². The standard InChI is InChI=1S/C21H16Cl2N2O2S/c22-17-5-3-6-18(23)21(17)25-19-7-2-1-4-14(19)12-20(26)27-16-10-8-15(9-11-16)24-13-28/h1-10,16,25H,11-12H2. The van der Waals surface area contributed by atoms with Crippen LogP contribution in [0.3, 0.4) is 0 Å². The average Bonchev–Trinajstić information content (AvgIpc) is 2.68. The van der Waals surface area contributed by atoms with Gasteiger partial charge < -0.3 is 10.1 Å². The summed E-state index contributed by atoms with van der Waals surface area (Å²) in [5.41, 5.74) is 2.84. The maximum Gasteiger partial charge on any atom is 0.310 e. The van der Waals surface area contributed by atoms with Crippen LogP contribution in [0.4, 0.5) is 11.4 Å². The minimum atomic E-state index is -0.329. The van der Waals surface area contributed by atoms with Crippen molar-refractivity contribution in [3.05, 3.63) is 82.0 Å². The number of rotatable bonds is 6. The Balaban J connectivity index is 1.68. The van der Waals surface area contributed by atoms with Crippen LogP contribution >= 0.6 is 35.4 Å². The maximum atomic E-state index is 12.4. The molecule has 0 spiro atoms. The number of nitrogens with zero attached hydrogens (tertiary/aromatic N) is 1. The van der Waals surface area contributed by atoms with E-state index in [2.05, 4.69) is 27.7 Å². The Labute approximate surface area is 178 Å². The van der Waals surface area contributed by atoms with Crippen LogP contribution in [-0.4, -0.2) is 17.2 Å². The Bertz CT molecular complexity index is 977. The molecule has 0 amide bonds. The van der Waals surface area contributed by atoms with Gasteiger partial charge in [-0.05, 0) is 48.1 Å². The minimum absolute atomic E-state index is 0.115. The van der Waals surface area contributed by atoms with Gasteiger partial charge in [0, 0.05) is 12.1 Å². The molecule has 2 aromatic carbocycles. The first-order valence-electron chi connectivity index (χ1n) is 8.51. The molecule has 1 atom stereocenters. The molecule has 0 aromatic heterocycles. The fraction of sp³-hybridized carbons (Fsp3) is 0.143. The van der Waals surface area contributed by atoms with E-state index >= 15 is 0 Å². The van der Waals surface area contributed by atoms with Crippen LogP contribution in [0.5, 0.6) is 0 Å². The summed E-state index contributed by atoms with van der Waals surface area (Å²) in [5.74, 6) is -0.329. The lowest BCUT2D eigenvalue weighted by atomic mass is 10.1. The molecule has 1 N–H and O–H groups in total. The van der Waals surface area contributed by atoms with Gasteiger partial charge in [0.15, 0.2) is 0 Å². The highest BCUT2D eigenvalue weighted by atomic mass is 35.5. The summed E-state index contributed by atoms with van der Waals surface area (Å²) in [7, 11) is 0. The largest absolute Gasteiger partial charge is 0.458 e. The molecule has 3 rings (SSSR count). The zero-order chi connectivity index (χ0) is 19.9. The second-order valence-corrected chi connectivity index (χ2v) is 7.01. The SMILES string of the molecule is O=C(Cc1ccccc1Nc1c(Cl)cccc1Cl)OC1C=CC(N=C=S)=CC1. The van der Waals surface area contributed by atoms with E-state index in [4.69, 9.17) is 27.9 Å². The number of carbonyl (C=O) groups excluding carboxylic acids is 1. The van der Waals surface area contributed by atoms with Crippen molar-refractivity contribution in [2.75, 3.05) is 5.32 Å². The molecule has 0 radical (unpaired) electrons. The Hall–Kier alpha value is -2.43. The molecule has 28 heavy (non-hydrogen) atoms. The third-order valence-electron chi connectivity index (χ3n) is 4.07. The highest BCUT2D eigenvalue weighted by molar-refractivity contribution is 7.78. The molecule has 0 bridgehead atoms. The van der Waals surface area contributed by atoms with E-state index in [-0.39, 0.29) is 18.5 Å². The van der Waals surface area contributed by atoms with E-state index in [9.17, 15) is 4.79 Å². The number of carbonyl (C=O) groups is 1. The first-order valence-corrected chi connectivity index (χ1v) is 9.68. The van der Waals surface area contributed by atoms with Gasteiger partial charge in [0.1, 0.15) is 6.10 Å². The molecular weight excluding hydrogens is 415 g/mol. The molecule has 1 aliphatic rings. The number of allylic oxidation sites excluding steroid dienone is 1. The lowest BCUT2D eigenvalue weighted by Crippen LogP contribution is -2.19. The molecule has 0 aliphatic heterocycles. The highest BCUT2D eigenvalue weighted by Crippen LogP contribution is 2.33. The number of anilines is 2. The van der Waals surface area contributed by atoms with Gasteiger partial charge >= 0.3 is 5.97 Å². The molecule has 0 heterocycles. The van der Waals surface area contributed by atoms with Crippen molar-refractivity contribution in [3.63, 3.8) is 0 Å². The fourth-order valence-electron chi connectivity index (χ4n) is 2.73. The predicted molar refractivity (Wildman–Crippen MR) is 117 cm³/mol. The summed E-state index contributed by atoms with van der Waals surface area (Å²) in [6.07, 6.45) is 5.74. The third kappa shape index (κ3) is 5.31. The molecule has 7 heteroatoms. The lowest BCUT2D eigenvalue weighted by molar-refractivity contribution is -0.145. The smallest absolute Gasteiger partial charge is 0.310 e. The Morgan fingerprint density at radius 1 is 1.21 bits per heavy atom. The number of hydrogen-bond acceptors (Lipinski definition) is 5. The van der Waals surface area contributed by atoms with Crippen LogP contribution < -0.4 is 5.32 Å². The lowest BCUT2D eigenvalue weighted by Gasteiger charge is -2.17. The Kier molecular flexibility index (Phi) is 7.01. The molecule has 0 saturated carbocycles. The van der Waals surface area contributed by atoms with Crippen molar-refractivity contribution in [1.82, 2.24) is 0 Å². The molecular formula is C21H16Cl2N2O2S. The number of para-hydroxylation sites is 2. The molecule has 142 valence electrons. The van der Waals surface area contributed by atoms with E-state index in [1.807, 2.05) is 30.3 Å². The normalized spacial score (nSPS) is 15.4. The number of hydrogen-bond donors (Lipinski definition) is 1. The van der Waals surface area contributed by atoms with E-state index < -0.39 is 0 Å². The molecule has 0 saturated heterocycles. The number of benzene rings is 2. The van der Waals surface area contributed by atoms with Crippen molar-refractivity contribution in [1.29, 1.82) is 0 Å². The number of esters is 1. The van der Waals surface area contributed by atoms with E-state index in [1.165, 1.54) is 0 Å². The van der Waals surface area contributed by atoms with Crippen LogP contribution in [0.25, 0.3) is 0 Å². The van der Waals surface area contributed by atoms with Gasteiger partial charge in [0.25, 0.3) is 0 Å². The van der Waals surface area contributed by atoms with E-state index in [0.29, 0.717) is 27.9 Å². The zero-order valence-electron chi connectivity index (χ0n) is 14.7. The summed E-state index contributed by atoms with van der Waals surface area (Å²) in [6, 6.07) is 12.7. The Morgan fingerprint density at radius 2 is 1.96 bits per heavy atom. The number of isothiocyanates is 1. The fourth-order valence-corrected chi connectivity index (χ4v) is 3.32. The minimum Gasteiger partial charge on any atom is -0.458 e. The number of ether oxygens (including phenoxy) is 1. The molecule has 0 fully saturated rings. The number of halogens is 2. The van der Waals surface area contributed by atoms with Gasteiger partial charge in [0.2, 0.25) is 0 Å². The van der Waals surface area contributed by atoms with Crippen LogP contribution in [0.15, 0.2) is 71.4 Å². The average molecular weight is 431 g/mol. The van der Waals surface area contributed by atoms with Crippen molar-refractivity contribution in [2.45, 2.75) is 18.9 Å². The molecule has 4 nitrogen and oxygen atoms in total. The number of aliphatic imine (C=N–C) groups is 1. The second kappa shape index (κ2) is 9.67. The Morgan fingerprint density at radius 3 is 2.64 bits per heavy atom. The van der Waals surface area contributed by atoms with Gasteiger partial charge in [-0.1, -0.05) is 53.5 Å². The van der Waals surface area contributed by atoms with Gasteiger partial charge in [-0.3, -0.25) is 4.79 Å². The topological polar surface area (TPSA) is 50.7 Å². The highest BCUT2D eigenvalue weighted by Gasteiger charge is 2.16. The molecule has 2 aromatic rings. The monoisotopic (exact) mass is 430 g/mol. The first kappa shape index (κ1) is 20.3. The van der Waals surface area contributed by atoms with Crippen LogP contribution in [0, 0.1) is 0 Å². The van der Waals surface area contributed by atoms with Crippen LogP contribution in [0.1, 0.15) is 12.0 Å². The van der Waals surface area contributed by atoms with Gasteiger partial charge in [0.05, 0.1) is 33.0 Å². The maximum absolute atomic E-state index is 12.4. The summed E-state index contributed by atoms with van der Waals surface area (Å²) in [6.45, 7) is 0. The summed E-state index contributed by atoms with van der Waals surface area (Å²) >= 11 is 17.0. The summed E-state index contributed by atoms with van der Waals surface area (Å²) < 4.78 is 5.54. The molecule has 1 unspecified atom stereocenters. The van der Waals surface area contributed by atoms with Crippen molar-refractivity contribution in [2.24, 2.45) is 4.99 Å². The van der Waals surface area contributed by atoms with Gasteiger partial charge in [-0.25, -0.2) is 0 Å². The van der Waals surface area contributed by atoms with Gasteiger partial charge in [-0.15, -0.1) is 0 Å². The van der Waals surface area contributed by atoms with E-state index in [1.54, 1.807) is 30.4 Å². The van der Waals surface area contributed by atoms with Crippen molar-refractivity contribution in [3.8, 4) is 0 Å². The van der Waals surface area contributed by atoms with Crippen LogP contribution in [-0.2, 0) is 16.0 Å². The molecule has 1 aliphatic carbocycles. The first-order chi connectivity index (χ1) is 13.6. The number of thiocarbonyl (C=S) groups is 1. The second-order valence-electron chi connectivity index (χ2n) is 6.01. The third-order valence-corrected chi connectivity index (χ3v) is 4.79. The summed E-state index contributed by atoms with van der Waals surface area (Å²) in [5, 5.41) is 6.53. The predicted octanol–water partition coefficient (Wildman–Crippen LogP) is 6.14. The zero-order valence-corrected chi connectivity index (χ0v) is 17.0. The van der Waals surface area contributed by atoms with E-state index in [0.717, 1.165) is 11.3 Å². The number of nitrogens with one attached hydrogen (secondary N) is 1. The van der Waals surface area contributed by atoms with Crippen molar-refractivity contribution < 1.29 is 9.53 Å².